The first-order valence-electron chi connectivity index (χ1n) is 3.80. The molecule has 1 amide bonds. The summed E-state index contributed by atoms with van der Waals surface area (Å²) < 4.78 is 0. The lowest BCUT2D eigenvalue weighted by Crippen LogP contribution is -2.07. The van der Waals surface area contributed by atoms with Gasteiger partial charge in [0.1, 0.15) is 0 Å². The van der Waals surface area contributed by atoms with Crippen LogP contribution in [-0.4, -0.2) is 11.0 Å². The average Bonchev–Trinajstić information content (AvgIpc) is 2.07. The number of carbonyl (C=O) groups is 1. The highest BCUT2D eigenvalue weighted by Gasteiger charge is 2.03. The Morgan fingerprint density at radius 1 is 1.62 bits per heavy atom. The molecule has 0 atom stereocenters. The van der Waals surface area contributed by atoms with E-state index in [1.54, 1.807) is 18.2 Å². The molecule has 70 valence electrons. The van der Waals surface area contributed by atoms with Gasteiger partial charge in [-0.05, 0) is 18.2 Å². The second-order valence-electron chi connectivity index (χ2n) is 2.64. The summed E-state index contributed by atoms with van der Waals surface area (Å²) in [6, 6.07) is 4.94. The molecule has 0 saturated carbocycles. The number of nitrogens with one attached hydrogen (secondary N) is 1. The number of carbonyl (C=O) groups excluding carboxylic acids is 1. The lowest BCUT2D eigenvalue weighted by atomic mass is 10.2. The van der Waals surface area contributed by atoms with E-state index in [4.69, 9.17) is 16.7 Å². The molecule has 13 heavy (non-hydrogen) atoms. The number of aliphatic hydroxyl groups excluding tert-OH is 1. The summed E-state index contributed by atoms with van der Waals surface area (Å²) in [5.41, 5.74) is 1.21. The van der Waals surface area contributed by atoms with Crippen LogP contribution in [0.5, 0.6) is 0 Å². The maximum atomic E-state index is 10.7. The Hall–Kier alpha value is -1.06. The number of rotatable bonds is 2. The van der Waals surface area contributed by atoms with Crippen molar-refractivity contribution in [1.82, 2.24) is 0 Å². The predicted molar refractivity (Wildman–Crippen MR) is 51.7 cm³/mol. The van der Waals surface area contributed by atoms with Crippen molar-refractivity contribution in [3.8, 4) is 0 Å². The van der Waals surface area contributed by atoms with E-state index in [-0.39, 0.29) is 12.5 Å². The van der Waals surface area contributed by atoms with Crippen molar-refractivity contribution >= 4 is 23.2 Å². The zero-order chi connectivity index (χ0) is 9.84. The number of anilines is 1. The zero-order valence-electron chi connectivity index (χ0n) is 7.17. The van der Waals surface area contributed by atoms with Gasteiger partial charge in [-0.15, -0.1) is 0 Å². The van der Waals surface area contributed by atoms with Crippen molar-refractivity contribution in [1.29, 1.82) is 0 Å². The number of hydrogen-bond acceptors (Lipinski definition) is 2. The van der Waals surface area contributed by atoms with E-state index in [9.17, 15) is 4.79 Å². The van der Waals surface area contributed by atoms with Crippen LogP contribution in [0.2, 0.25) is 5.02 Å². The van der Waals surface area contributed by atoms with Crippen LogP contribution < -0.4 is 5.32 Å². The molecule has 0 aliphatic heterocycles. The van der Waals surface area contributed by atoms with E-state index in [1.165, 1.54) is 6.92 Å². The Morgan fingerprint density at radius 2 is 2.31 bits per heavy atom. The number of aliphatic hydroxyl groups is 1. The van der Waals surface area contributed by atoms with Crippen molar-refractivity contribution < 1.29 is 9.90 Å². The van der Waals surface area contributed by atoms with Gasteiger partial charge in [-0.25, -0.2) is 0 Å². The SMILES string of the molecule is CC(=O)Nc1ccc(Cl)cc1CO. The van der Waals surface area contributed by atoms with Gasteiger partial charge >= 0.3 is 0 Å². The maximum absolute atomic E-state index is 10.7. The summed E-state index contributed by atoms with van der Waals surface area (Å²) in [4.78, 5) is 10.7. The molecule has 0 spiro atoms. The summed E-state index contributed by atoms with van der Waals surface area (Å²) in [5, 5.41) is 12.1. The molecule has 3 nitrogen and oxygen atoms in total. The van der Waals surface area contributed by atoms with Crippen LogP contribution in [0, 0.1) is 0 Å². The fourth-order valence-electron chi connectivity index (χ4n) is 1.00. The Balaban J connectivity index is 2.99. The molecule has 0 aromatic heterocycles. The van der Waals surface area contributed by atoms with Crippen molar-refractivity contribution in [2.75, 3.05) is 5.32 Å². The van der Waals surface area contributed by atoms with E-state index < -0.39 is 0 Å². The Morgan fingerprint density at radius 3 is 2.85 bits per heavy atom. The van der Waals surface area contributed by atoms with Gasteiger partial charge in [0, 0.05) is 23.2 Å². The van der Waals surface area contributed by atoms with E-state index >= 15 is 0 Å². The van der Waals surface area contributed by atoms with Gasteiger partial charge in [-0.3, -0.25) is 4.79 Å². The summed E-state index contributed by atoms with van der Waals surface area (Å²) in [6.07, 6.45) is 0. The molecule has 0 fully saturated rings. The van der Waals surface area contributed by atoms with Crippen LogP contribution in [0.4, 0.5) is 5.69 Å². The monoisotopic (exact) mass is 199 g/mol. The quantitative estimate of drug-likeness (QED) is 0.763. The minimum atomic E-state index is -0.169. The molecular formula is C9H10ClNO2. The van der Waals surface area contributed by atoms with Gasteiger partial charge in [0.2, 0.25) is 5.91 Å². The van der Waals surface area contributed by atoms with E-state index in [2.05, 4.69) is 5.32 Å². The highest BCUT2D eigenvalue weighted by molar-refractivity contribution is 6.30. The van der Waals surface area contributed by atoms with Crippen LogP contribution in [0.1, 0.15) is 12.5 Å². The smallest absolute Gasteiger partial charge is 0.221 e. The third-order valence-corrected chi connectivity index (χ3v) is 1.78. The second-order valence-corrected chi connectivity index (χ2v) is 3.08. The topological polar surface area (TPSA) is 49.3 Å². The van der Waals surface area contributed by atoms with Gasteiger partial charge < -0.3 is 10.4 Å². The zero-order valence-corrected chi connectivity index (χ0v) is 7.93. The normalized spacial score (nSPS) is 9.77. The number of halogens is 1. The van der Waals surface area contributed by atoms with Crippen LogP contribution in [0.3, 0.4) is 0 Å². The molecule has 0 radical (unpaired) electrons. The van der Waals surface area contributed by atoms with Crippen LogP contribution in [-0.2, 0) is 11.4 Å². The first-order valence-corrected chi connectivity index (χ1v) is 4.18. The average molecular weight is 200 g/mol. The molecule has 4 heteroatoms. The fraction of sp³-hybridized carbons (Fsp3) is 0.222. The Bertz CT molecular complexity index is 325. The minimum absolute atomic E-state index is 0.143. The number of hydrogen-bond donors (Lipinski definition) is 2. The molecule has 0 heterocycles. The molecule has 0 bridgehead atoms. The third kappa shape index (κ3) is 2.72. The summed E-state index contributed by atoms with van der Waals surface area (Å²) >= 11 is 5.71. The predicted octanol–water partition coefficient (Wildman–Crippen LogP) is 1.79. The second kappa shape index (κ2) is 4.25. The van der Waals surface area contributed by atoms with Crippen molar-refractivity contribution in [2.24, 2.45) is 0 Å². The van der Waals surface area contributed by atoms with Crippen LogP contribution in [0.25, 0.3) is 0 Å². The van der Waals surface area contributed by atoms with E-state index in [0.717, 1.165) is 0 Å². The number of amides is 1. The van der Waals surface area contributed by atoms with Gasteiger partial charge in [0.05, 0.1) is 6.61 Å². The fourth-order valence-corrected chi connectivity index (χ4v) is 1.20. The van der Waals surface area contributed by atoms with Gasteiger partial charge in [-0.1, -0.05) is 11.6 Å². The summed E-state index contributed by atoms with van der Waals surface area (Å²) in [6.45, 7) is 1.27. The molecule has 1 aromatic carbocycles. The molecule has 2 N–H and O–H groups in total. The molecule has 1 rings (SSSR count). The molecule has 0 unspecified atom stereocenters. The Labute approximate surface area is 81.3 Å². The minimum Gasteiger partial charge on any atom is -0.392 e. The first-order chi connectivity index (χ1) is 6.13. The number of benzene rings is 1. The summed E-state index contributed by atoms with van der Waals surface area (Å²) in [5.74, 6) is -0.169. The van der Waals surface area contributed by atoms with Crippen molar-refractivity contribution in [3.05, 3.63) is 28.8 Å². The third-order valence-electron chi connectivity index (χ3n) is 1.55. The lowest BCUT2D eigenvalue weighted by Gasteiger charge is -2.07. The van der Waals surface area contributed by atoms with Crippen molar-refractivity contribution in [2.45, 2.75) is 13.5 Å². The van der Waals surface area contributed by atoms with Gasteiger partial charge in [0.15, 0.2) is 0 Å². The largest absolute Gasteiger partial charge is 0.392 e. The van der Waals surface area contributed by atoms with Gasteiger partial charge in [-0.2, -0.15) is 0 Å². The standard InChI is InChI=1S/C9H10ClNO2/c1-6(13)11-9-3-2-8(10)4-7(9)5-12/h2-4,12H,5H2,1H3,(H,11,13). The first kappa shape index (κ1) is 10.0. The molecule has 0 aliphatic carbocycles. The van der Waals surface area contributed by atoms with E-state index in [1.807, 2.05) is 0 Å². The molecule has 1 aromatic rings. The highest BCUT2D eigenvalue weighted by atomic mass is 35.5. The maximum Gasteiger partial charge on any atom is 0.221 e. The highest BCUT2D eigenvalue weighted by Crippen LogP contribution is 2.20. The van der Waals surface area contributed by atoms with Gasteiger partial charge in [0.25, 0.3) is 0 Å². The molecular weight excluding hydrogens is 190 g/mol. The van der Waals surface area contributed by atoms with Crippen LogP contribution in [0.15, 0.2) is 18.2 Å². The van der Waals surface area contributed by atoms with Crippen molar-refractivity contribution in [3.63, 3.8) is 0 Å². The molecule has 0 saturated heterocycles. The van der Waals surface area contributed by atoms with Crippen LogP contribution >= 0.6 is 11.6 Å². The summed E-state index contributed by atoms with van der Waals surface area (Å²) in [7, 11) is 0. The lowest BCUT2D eigenvalue weighted by molar-refractivity contribution is -0.114. The molecule has 0 aliphatic rings. The Kier molecular flexibility index (Phi) is 3.28. The van der Waals surface area contributed by atoms with E-state index in [0.29, 0.717) is 16.3 Å².